The Hall–Kier alpha value is -0.820. The summed E-state index contributed by atoms with van der Waals surface area (Å²) in [5, 5.41) is 3.73. The first kappa shape index (κ1) is 21.2. The summed E-state index contributed by atoms with van der Waals surface area (Å²) in [6, 6.07) is 6.06. The third-order valence-electron chi connectivity index (χ3n) is 4.02. The van der Waals surface area contributed by atoms with Crippen molar-refractivity contribution in [1.29, 1.82) is 0 Å². The van der Waals surface area contributed by atoms with E-state index in [-0.39, 0.29) is 29.3 Å². The fourth-order valence-corrected chi connectivity index (χ4v) is 4.18. The third kappa shape index (κ3) is 5.62. The molecule has 136 valence electrons. The zero-order chi connectivity index (χ0) is 16.9. The van der Waals surface area contributed by atoms with E-state index in [0.717, 1.165) is 32.4 Å². The number of sulfone groups is 1. The number of hydrogen-bond donors (Lipinski definition) is 1. The normalized spacial score (nSPS) is 15.6. The fourth-order valence-electron chi connectivity index (χ4n) is 2.84. The molecule has 24 heavy (non-hydrogen) atoms. The minimum absolute atomic E-state index is 0. The molecular weight excluding hydrogens is 371 g/mol. The van der Waals surface area contributed by atoms with Gasteiger partial charge in [-0.25, -0.2) is 8.42 Å². The molecule has 1 N–H and O–H groups in total. The van der Waals surface area contributed by atoms with Crippen LogP contribution in [0.3, 0.4) is 0 Å². The molecule has 1 aliphatic rings. The number of amides is 1. The number of benzene rings is 1. The molecule has 8 heteroatoms. The molecule has 0 aromatic heterocycles. The zero-order valence-corrected chi connectivity index (χ0v) is 16.1. The van der Waals surface area contributed by atoms with E-state index in [0.29, 0.717) is 11.6 Å². The highest BCUT2D eigenvalue weighted by Crippen LogP contribution is 2.18. The molecule has 1 heterocycles. The van der Waals surface area contributed by atoms with Crippen molar-refractivity contribution in [1.82, 2.24) is 10.2 Å². The molecule has 2 rings (SSSR count). The Labute approximate surface area is 155 Å². The molecule has 0 spiro atoms. The molecule has 1 fully saturated rings. The number of piperidine rings is 1. The van der Waals surface area contributed by atoms with E-state index in [9.17, 15) is 13.2 Å². The van der Waals surface area contributed by atoms with Crippen molar-refractivity contribution in [3.05, 3.63) is 29.3 Å². The molecule has 1 aromatic rings. The Kier molecular flexibility index (Phi) is 8.50. The van der Waals surface area contributed by atoms with Gasteiger partial charge in [-0.1, -0.05) is 18.5 Å². The molecule has 0 bridgehead atoms. The lowest BCUT2D eigenvalue weighted by molar-refractivity contribution is -0.131. The lowest BCUT2D eigenvalue weighted by Gasteiger charge is -2.34. The summed E-state index contributed by atoms with van der Waals surface area (Å²) < 4.78 is 24.9. The fraction of sp³-hybridized carbons (Fsp3) is 0.562. The molecule has 1 amide bonds. The van der Waals surface area contributed by atoms with E-state index in [1.165, 1.54) is 24.3 Å². The average molecular weight is 395 g/mol. The number of carbonyl (C=O) groups excluding carboxylic acids is 1. The van der Waals surface area contributed by atoms with Gasteiger partial charge < -0.3 is 10.2 Å². The summed E-state index contributed by atoms with van der Waals surface area (Å²) in [4.78, 5) is 14.5. The Morgan fingerprint density at radius 2 is 1.83 bits per heavy atom. The van der Waals surface area contributed by atoms with Crippen molar-refractivity contribution in [3.8, 4) is 0 Å². The Morgan fingerprint density at radius 3 is 2.38 bits per heavy atom. The largest absolute Gasteiger partial charge is 0.339 e. The van der Waals surface area contributed by atoms with Crippen LogP contribution in [0, 0.1) is 0 Å². The molecule has 1 aromatic carbocycles. The van der Waals surface area contributed by atoms with E-state index >= 15 is 0 Å². The Bertz CT molecular complexity index is 629. The lowest BCUT2D eigenvalue weighted by atomic mass is 10.0. The first-order valence-corrected chi connectivity index (χ1v) is 9.95. The maximum absolute atomic E-state index is 12.6. The highest BCUT2D eigenvalue weighted by Gasteiger charge is 2.28. The molecule has 1 aliphatic heterocycles. The van der Waals surface area contributed by atoms with E-state index in [4.69, 9.17) is 11.6 Å². The van der Waals surface area contributed by atoms with Crippen molar-refractivity contribution in [3.63, 3.8) is 0 Å². The summed E-state index contributed by atoms with van der Waals surface area (Å²) in [5.41, 5.74) is 0. The van der Waals surface area contributed by atoms with Gasteiger partial charge in [0.2, 0.25) is 5.91 Å². The van der Waals surface area contributed by atoms with Crippen LogP contribution >= 0.6 is 24.0 Å². The summed E-state index contributed by atoms with van der Waals surface area (Å²) >= 11 is 5.78. The standard InChI is InChI=1S/C16H23ClN2O3S.ClH/c1-2-11-19(14-7-9-18-10-8-14)16(20)12-23(21,22)15-5-3-13(17)4-6-15;/h3-6,14,18H,2,7-12H2,1H3;1H. The van der Waals surface area contributed by atoms with Crippen LogP contribution < -0.4 is 5.32 Å². The highest BCUT2D eigenvalue weighted by atomic mass is 35.5. The van der Waals surface area contributed by atoms with Crippen molar-refractivity contribution < 1.29 is 13.2 Å². The van der Waals surface area contributed by atoms with Crippen LogP contribution in [-0.2, 0) is 14.6 Å². The number of hydrogen-bond acceptors (Lipinski definition) is 4. The third-order valence-corrected chi connectivity index (χ3v) is 5.89. The van der Waals surface area contributed by atoms with Crippen LogP contribution in [0.2, 0.25) is 5.02 Å². The van der Waals surface area contributed by atoms with Gasteiger partial charge in [-0.05, 0) is 56.6 Å². The second kappa shape index (κ2) is 9.61. The maximum Gasteiger partial charge on any atom is 0.238 e. The number of nitrogens with zero attached hydrogens (tertiary/aromatic N) is 1. The van der Waals surface area contributed by atoms with Crippen molar-refractivity contribution in [2.75, 3.05) is 25.4 Å². The van der Waals surface area contributed by atoms with E-state index in [2.05, 4.69) is 5.32 Å². The van der Waals surface area contributed by atoms with Crippen LogP contribution in [-0.4, -0.2) is 50.7 Å². The highest BCUT2D eigenvalue weighted by molar-refractivity contribution is 7.92. The second-order valence-corrected chi connectivity index (χ2v) is 8.21. The van der Waals surface area contributed by atoms with Crippen LogP contribution in [0.15, 0.2) is 29.2 Å². The summed E-state index contributed by atoms with van der Waals surface area (Å²) in [5.74, 6) is -0.799. The van der Waals surface area contributed by atoms with E-state index in [1.54, 1.807) is 4.90 Å². The van der Waals surface area contributed by atoms with Crippen molar-refractivity contribution in [2.45, 2.75) is 37.1 Å². The van der Waals surface area contributed by atoms with Crippen LogP contribution in [0.1, 0.15) is 26.2 Å². The van der Waals surface area contributed by atoms with E-state index < -0.39 is 15.6 Å². The van der Waals surface area contributed by atoms with E-state index in [1.807, 2.05) is 6.92 Å². The molecule has 1 saturated heterocycles. The van der Waals surface area contributed by atoms with Gasteiger partial charge in [0.05, 0.1) is 4.90 Å². The van der Waals surface area contributed by atoms with Crippen LogP contribution in [0.4, 0.5) is 0 Å². The lowest BCUT2D eigenvalue weighted by Crippen LogP contribution is -2.48. The quantitative estimate of drug-likeness (QED) is 0.804. The minimum Gasteiger partial charge on any atom is -0.339 e. The summed E-state index contributed by atoms with van der Waals surface area (Å²) in [6.45, 7) is 4.32. The van der Waals surface area contributed by atoms with Crippen molar-refractivity contribution >= 4 is 39.8 Å². The predicted molar refractivity (Wildman–Crippen MR) is 98.6 cm³/mol. The topological polar surface area (TPSA) is 66.5 Å². The predicted octanol–water partition coefficient (Wildman–Crippen LogP) is 2.53. The van der Waals surface area contributed by atoms with Gasteiger partial charge in [-0.15, -0.1) is 12.4 Å². The average Bonchev–Trinajstić information content (AvgIpc) is 2.53. The number of carbonyl (C=O) groups is 1. The molecule has 5 nitrogen and oxygen atoms in total. The van der Waals surface area contributed by atoms with Gasteiger partial charge >= 0.3 is 0 Å². The van der Waals surface area contributed by atoms with Gasteiger partial charge in [0.15, 0.2) is 9.84 Å². The molecule has 0 radical (unpaired) electrons. The van der Waals surface area contributed by atoms with Crippen molar-refractivity contribution in [2.24, 2.45) is 0 Å². The molecule has 0 atom stereocenters. The zero-order valence-electron chi connectivity index (χ0n) is 13.7. The minimum atomic E-state index is -3.64. The number of rotatable bonds is 6. The maximum atomic E-state index is 12.6. The monoisotopic (exact) mass is 394 g/mol. The smallest absolute Gasteiger partial charge is 0.238 e. The molecule has 0 saturated carbocycles. The Morgan fingerprint density at radius 1 is 1.25 bits per heavy atom. The number of nitrogens with one attached hydrogen (secondary N) is 1. The Balaban J connectivity index is 0.00000288. The van der Waals surface area contributed by atoms with Crippen LogP contribution in [0.5, 0.6) is 0 Å². The van der Waals surface area contributed by atoms with Gasteiger partial charge in [-0.3, -0.25) is 4.79 Å². The first-order valence-electron chi connectivity index (χ1n) is 7.92. The second-order valence-electron chi connectivity index (χ2n) is 5.78. The van der Waals surface area contributed by atoms with Crippen LogP contribution in [0.25, 0.3) is 0 Å². The van der Waals surface area contributed by atoms with Gasteiger partial charge in [0, 0.05) is 17.6 Å². The summed E-state index contributed by atoms with van der Waals surface area (Å²) in [7, 11) is -3.64. The molecular formula is C16H24Cl2N2O3S. The summed E-state index contributed by atoms with van der Waals surface area (Å²) in [6.07, 6.45) is 2.55. The molecule has 0 aliphatic carbocycles. The first-order chi connectivity index (χ1) is 10.9. The number of halogens is 2. The van der Waals surface area contributed by atoms with Gasteiger partial charge in [-0.2, -0.15) is 0 Å². The van der Waals surface area contributed by atoms with Gasteiger partial charge in [0.1, 0.15) is 5.75 Å². The van der Waals surface area contributed by atoms with Gasteiger partial charge in [0.25, 0.3) is 0 Å². The molecule has 0 unspecified atom stereocenters. The SMILES string of the molecule is CCCN(C(=O)CS(=O)(=O)c1ccc(Cl)cc1)C1CCNCC1.Cl.